The Morgan fingerprint density at radius 2 is 2.06 bits per heavy atom. The van der Waals surface area contributed by atoms with Gasteiger partial charge in [-0.3, -0.25) is 4.18 Å². The molecule has 2 aromatic heterocycles. The van der Waals surface area contributed by atoms with Gasteiger partial charge in [0, 0.05) is 24.0 Å². The molecule has 0 radical (unpaired) electrons. The van der Waals surface area contributed by atoms with Gasteiger partial charge in [-0.05, 0) is 11.2 Å². The first kappa shape index (κ1) is 12.5. The second-order valence-corrected chi connectivity index (χ2v) is 5.09. The molecule has 0 saturated carbocycles. The highest BCUT2D eigenvalue weighted by Crippen LogP contribution is 2.09. The molecule has 0 spiro atoms. The quantitative estimate of drug-likeness (QED) is 0.561. The number of hydrogen-bond donors (Lipinski definition) is 0. The average Bonchev–Trinajstić information content (AvgIpc) is 2.40. The van der Waals surface area contributed by atoms with E-state index in [0.717, 1.165) is 7.11 Å². The first-order valence-electron chi connectivity index (χ1n) is 5.02. The van der Waals surface area contributed by atoms with Crippen molar-refractivity contribution in [2.24, 2.45) is 0 Å². The van der Waals surface area contributed by atoms with Crippen molar-refractivity contribution in [2.75, 3.05) is 7.11 Å². The summed E-state index contributed by atoms with van der Waals surface area (Å²) in [6, 6.07) is 3.40. The van der Waals surface area contributed by atoms with Gasteiger partial charge in [0.05, 0.1) is 7.11 Å². The van der Waals surface area contributed by atoms with E-state index in [1.165, 1.54) is 17.1 Å². The maximum absolute atomic E-state index is 11.2. The van der Waals surface area contributed by atoms with Crippen LogP contribution < -0.4 is 4.68 Å². The Labute approximate surface area is 104 Å². The molecule has 2 heterocycles. The molecule has 2 aromatic rings. The summed E-state index contributed by atoms with van der Waals surface area (Å²) in [4.78, 5) is 8.13. The van der Waals surface area contributed by atoms with Gasteiger partial charge in [-0.15, -0.1) is 0 Å². The average molecular weight is 267 g/mol. The molecule has 2 rings (SSSR count). The van der Waals surface area contributed by atoms with Gasteiger partial charge in [-0.1, -0.05) is 4.68 Å². The molecule has 0 aromatic carbocycles. The third-order valence-corrected chi connectivity index (χ3v) is 3.23. The molecular weight excluding hydrogens is 256 g/mol. The molecule has 0 aliphatic heterocycles. The second kappa shape index (κ2) is 5.15. The lowest BCUT2D eigenvalue weighted by molar-refractivity contribution is -0.736. The van der Waals surface area contributed by atoms with Gasteiger partial charge >= 0.3 is 10.1 Å². The fourth-order valence-corrected chi connectivity index (χ4v) is 1.84. The summed E-state index contributed by atoms with van der Waals surface area (Å²) < 4.78 is 28.0. The van der Waals surface area contributed by atoms with Crippen LogP contribution in [0.25, 0.3) is 11.4 Å². The lowest BCUT2D eigenvalue weighted by Crippen LogP contribution is -2.41. The zero-order valence-corrected chi connectivity index (χ0v) is 10.4. The molecular formula is C10H11N4O3S+. The van der Waals surface area contributed by atoms with Gasteiger partial charge in [0.2, 0.25) is 0 Å². The largest absolute Gasteiger partial charge is 0.331 e. The molecule has 0 saturated heterocycles. The van der Waals surface area contributed by atoms with Crippen LogP contribution in [0.1, 0.15) is 0 Å². The summed E-state index contributed by atoms with van der Waals surface area (Å²) in [5.41, 5.74) is 0.710. The predicted octanol–water partition coefficient (Wildman–Crippen LogP) is -0.240. The first-order chi connectivity index (χ1) is 8.61. The van der Waals surface area contributed by atoms with Crippen LogP contribution in [0.15, 0.2) is 36.9 Å². The van der Waals surface area contributed by atoms with Gasteiger partial charge in [-0.25, -0.2) is 9.97 Å². The minimum atomic E-state index is -3.58. The lowest BCUT2D eigenvalue weighted by Gasteiger charge is -1.98. The monoisotopic (exact) mass is 267 g/mol. The van der Waals surface area contributed by atoms with Crippen molar-refractivity contribution in [1.82, 2.24) is 15.1 Å². The second-order valence-electron chi connectivity index (χ2n) is 3.38. The Bertz CT molecular complexity index is 613. The smallest absolute Gasteiger partial charge is 0.269 e. The summed E-state index contributed by atoms with van der Waals surface area (Å²) >= 11 is 0. The molecule has 0 bridgehead atoms. The van der Waals surface area contributed by atoms with E-state index in [1.807, 2.05) is 0 Å². The summed E-state index contributed by atoms with van der Waals surface area (Å²) in [7, 11) is -2.47. The van der Waals surface area contributed by atoms with Crippen LogP contribution >= 0.6 is 0 Å². The summed E-state index contributed by atoms with van der Waals surface area (Å²) in [5.74, 6) is 0.200. The molecule has 18 heavy (non-hydrogen) atoms. The molecule has 0 fully saturated rings. The highest BCUT2D eigenvalue weighted by atomic mass is 32.2. The van der Waals surface area contributed by atoms with Crippen molar-refractivity contribution < 1.29 is 17.3 Å². The molecule has 8 heteroatoms. The van der Waals surface area contributed by atoms with Crippen molar-refractivity contribution in [3.63, 3.8) is 0 Å². The van der Waals surface area contributed by atoms with Gasteiger partial charge in [0.25, 0.3) is 5.88 Å². The SMILES string of the molecule is COS(=O)(=O)C[n+]1ccc(-c2ncccn2)cn1. The van der Waals surface area contributed by atoms with Crippen LogP contribution in [0.4, 0.5) is 0 Å². The zero-order valence-electron chi connectivity index (χ0n) is 9.59. The standard InChI is InChI=1S/C10H11N4O3S/c1-17-18(15,16)8-14-6-3-9(7-13-14)10-11-4-2-5-12-10/h2-7H,8H2,1H3/q+1. The van der Waals surface area contributed by atoms with E-state index < -0.39 is 10.1 Å². The number of nitrogens with zero attached hydrogens (tertiary/aromatic N) is 4. The maximum Gasteiger partial charge on any atom is 0.331 e. The van der Waals surface area contributed by atoms with Crippen LogP contribution in [-0.2, 0) is 20.2 Å². The normalized spacial score (nSPS) is 11.4. The number of rotatable bonds is 4. The van der Waals surface area contributed by atoms with E-state index in [4.69, 9.17) is 0 Å². The van der Waals surface area contributed by atoms with Crippen molar-refractivity contribution in [2.45, 2.75) is 5.88 Å². The van der Waals surface area contributed by atoms with Crippen LogP contribution in [0.3, 0.4) is 0 Å². The van der Waals surface area contributed by atoms with E-state index in [9.17, 15) is 8.42 Å². The van der Waals surface area contributed by atoms with Crippen LogP contribution in [-0.4, -0.2) is 30.6 Å². The third-order valence-electron chi connectivity index (χ3n) is 2.14. The Hall–Kier alpha value is -1.93. The fraction of sp³-hybridized carbons (Fsp3) is 0.200. The predicted molar refractivity (Wildman–Crippen MR) is 61.4 cm³/mol. The van der Waals surface area contributed by atoms with Crippen molar-refractivity contribution in [3.8, 4) is 11.4 Å². The third kappa shape index (κ3) is 3.05. The maximum atomic E-state index is 11.2. The molecule has 0 aliphatic carbocycles. The fourth-order valence-electron chi connectivity index (χ4n) is 1.26. The minimum absolute atomic E-state index is 0.334. The molecule has 0 N–H and O–H groups in total. The molecule has 0 atom stereocenters. The highest BCUT2D eigenvalue weighted by molar-refractivity contribution is 7.85. The number of aromatic nitrogens is 4. The Morgan fingerprint density at radius 3 is 2.61 bits per heavy atom. The molecule has 0 aliphatic rings. The van der Waals surface area contributed by atoms with Crippen LogP contribution in [0.5, 0.6) is 0 Å². The van der Waals surface area contributed by atoms with E-state index in [0.29, 0.717) is 11.4 Å². The Kier molecular flexibility index (Phi) is 3.58. The summed E-state index contributed by atoms with van der Waals surface area (Å²) in [6.45, 7) is 0. The molecule has 94 valence electrons. The highest BCUT2D eigenvalue weighted by Gasteiger charge is 2.17. The zero-order chi connectivity index (χ0) is 13.0. The minimum Gasteiger partial charge on any atom is -0.269 e. The molecule has 0 amide bonds. The van der Waals surface area contributed by atoms with Gasteiger partial charge in [-0.2, -0.15) is 8.42 Å². The number of hydrogen-bond acceptors (Lipinski definition) is 6. The van der Waals surface area contributed by atoms with E-state index >= 15 is 0 Å². The summed E-state index contributed by atoms with van der Waals surface area (Å²) in [5, 5.41) is 3.97. The van der Waals surface area contributed by atoms with Gasteiger partial charge in [0.15, 0.2) is 12.0 Å². The van der Waals surface area contributed by atoms with Gasteiger partial charge < -0.3 is 0 Å². The Morgan fingerprint density at radius 1 is 1.33 bits per heavy atom. The van der Waals surface area contributed by atoms with Crippen LogP contribution in [0, 0.1) is 0 Å². The molecule has 0 unspecified atom stereocenters. The van der Waals surface area contributed by atoms with Crippen LogP contribution in [0.2, 0.25) is 0 Å². The van der Waals surface area contributed by atoms with E-state index in [-0.39, 0.29) is 5.88 Å². The van der Waals surface area contributed by atoms with Crippen molar-refractivity contribution in [3.05, 3.63) is 36.9 Å². The Balaban J connectivity index is 2.21. The van der Waals surface area contributed by atoms with E-state index in [2.05, 4.69) is 19.2 Å². The lowest BCUT2D eigenvalue weighted by atomic mass is 10.3. The topological polar surface area (TPSA) is 85.9 Å². The van der Waals surface area contributed by atoms with E-state index in [1.54, 1.807) is 24.5 Å². The first-order valence-corrected chi connectivity index (χ1v) is 6.60. The van der Waals surface area contributed by atoms with Crippen molar-refractivity contribution >= 4 is 10.1 Å². The van der Waals surface area contributed by atoms with Gasteiger partial charge in [0.1, 0.15) is 6.20 Å². The van der Waals surface area contributed by atoms with Crippen molar-refractivity contribution in [1.29, 1.82) is 0 Å². The molecule has 7 nitrogen and oxygen atoms in total. The summed E-state index contributed by atoms with van der Waals surface area (Å²) in [6.07, 6.45) is 6.28.